The number of fused-ring (bicyclic) bond motifs is 5. The zero-order valence-electron chi connectivity index (χ0n) is 17.9. The number of hydrogen-bond acceptors (Lipinski definition) is 3. The average Bonchev–Trinajstić information content (AvgIpc) is 2.98. The summed E-state index contributed by atoms with van der Waals surface area (Å²) in [6.07, 6.45) is 9.19. The minimum absolute atomic E-state index is 0.179. The number of aliphatic hydroxyl groups is 2. The van der Waals surface area contributed by atoms with Crippen LogP contribution in [0.3, 0.4) is 0 Å². The molecule has 0 radical (unpaired) electrons. The van der Waals surface area contributed by atoms with Crippen molar-refractivity contribution in [1.29, 1.82) is 0 Å². The van der Waals surface area contributed by atoms with Crippen LogP contribution < -0.4 is 0 Å². The quantitative estimate of drug-likeness (QED) is 0.659. The van der Waals surface area contributed by atoms with Crippen LogP contribution in [0.1, 0.15) is 85.0 Å². The zero-order valence-corrected chi connectivity index (χ0v) is 17.9. The van der Waals surface area contributed by atoms with Gasteiger partial charge < -0.3 is 15.3 Å². The largest absolute Gasteiger partial charge is 0.481 e. The summed E-state index contributed by atoms with van der Waals surface area (Å²) in [6.45, 7) is 7.16. The first-order valence-corrected chi connectivity index (χ1v) is 11.7. The van der Waals surface area contributed by atoms with E-state index in [1.807, 2.05) is 0 Å². The molecule has 0 heterocycles. The van der Waals surface area contributed by atoms with E-state index in [4.69, 9.17) is 5.11 Å². The van der Waals surface area contributed by atoms with Crippen molar-refractivity contribution in [3.05, 3.63) is 0 Å². The molecule has 0 aromatic rings. The summed E-state index contributed by atoms with van der Waals surface area (Å²) >= 11 is 0. The first kappa shape index (κ1) is 20.7. The third-order valence-corrected chi connectivity index (χ3v) is 10.2. The molecule has 0 aromatic carbocycles. The number of carboxylic acid groups (broad SMARTS) is 1. The summed E-state index contributed by atoms with van der Waals surface area (Å²) in [5.74, 6) is 2.36. The number of rotatable bonds is 4. The van der Waals surface area contributed by atoms with Gasteiger partial charge in [-0.2, -0.15) is 0 Å². The smallest absolute Gasteiger partial charge is 0.303 e. The van der Waals surface area contributed by atoms with Crippen LogP contribution in [-0.2, 0) is 4.79 Å². The normalized spacial score (nSPS) is 51.7. The maximum absolute atomic E-state index is 11.2. The second kappa shape index (κ2) is 7.27. The highest BCUT2D eigenvalue weighted by atomic mass is 16.4. The number of carbonyl (C=O) groups is 1. The molecule has 4 nitrogen and oxygen atoms in total. The molecule has 0 saturated heterocycles. The van der Waals surface area contributed by atoms with Crippen molar-refractivity contribution in [3.8, 4) is 0 Å². The van der Waals surface area contributed by atoms with Gasteiger partial charge in [0.15, 0.2) is 0 Å². The van der Waals surface area contributed by atoms with Crippen molar-refractivity contribution in [3.63, 3.8) is 0 Å². The molecule has 2 unspecified atom stereocenters. The van der Waals surface area contributed by atoms with Crippen molar-refractivity contribution in [2.45, 2.75) is 97.2 Å². The van der Waals surface area contributed by atoms with E-state index in [1.165, 1.54) is 25.7 Å². The molecular weight excluding hydrogens is 352 g/mol. The highest BCUT2D eigenvalue weighted by molar-refractivity contribution is 5.66. The molecule has 10 atom stereocenters. The number of hydrogen-bond donors (Lipinski definition) is 3. The predicted molar refractivity (Wildman–Crippen MR) is 109 cm³/mol. The van der Waals surface area contributed by atoms with Crippen LogP contribution in [0.4, 0.5) is 0 Å². The van der Waals surface area contributed by atoms with E-state index in [0.29, 0.717) is 35.5 Å². The van der Waals surface area contributed by atoms with Crippen LogP contribution in [0.2, 0.25) is 0 Å². The Balaban J connectivity index is 1.55. The van der Waals surface area contributed by atoms with Gasteiger partial charge in [-0.25, -0.2) is 0 Å². The van der Waals surface area contributed by atoms with Crippen molar-refractivity contribution >= 4 is 5.97 Å². The second-order valence-electron chi connectivity index (χ2n) is 11.4. The van der Waals surface area contributed by atoms with E-state index in [2.05, 4.69) is 20.8 Å². The molecule has 4 rings (SSSR count). The molecule has 0 spiro atoms. The van der Waals surface area contributed by atoms with Gasteiger partial charge in [0.1, 0.15) is 0 Å². The maximum atomic E-state index is 11.2. The van der Waals surface area contributed by atoms with Gasteiger partial charge in [0.05, 0.1) is 12.2 Å². The lowest BCUT2D eigenvalue weighted by Crippen LogP contribution is -2.58. The molecular formula is C24H40O4. The Bertz CT molecular complexity index is 605. The zero-order chi connectivity index (χ0) is 20.3. The lowest BCUT2D eigenvalue weighted by atomic mass is 9.43. The van der Waals surface area contributed by atoms with Gasteiger partial charge in [0, 0.05) is 6.42 Å². The minimum Gasteiger partial charge on any atom is -0.481 e. The van der Waals surface area contributed by atoms with Crippen LogP contribution in [0.15, 0.2) is 0 Å². The molecule has 4 aliphatic carbocycles. The Labute approximate surface area is 170 Å². The molecule has 0 bridgehead atoms. The number of carboxylic acids is 1. The summed E-state index contributed by atoms with van der Waals surface area (Å²) in [7, 11) is 0. The second-order valence-corrected chi connectivity index (χ2v) is 11.4. The summed E-state index contributed by atoms with van der Waals surface area (Å²) in [6, 6.07) is 0. The average molecular weight is 393 g/mol. The predicted octanol–water partition coefficient (Wildman–Crippen LogP) is 4.48. The fraction of sp³-hybridized carbons (Fsp3) is 0.958. The Kier molecular flexibility index (Phi) is 5.36. The van der Waals surface area contributed by atoms with Gasteiger partial charge in [0.25, 0.3) is 0 Å². The lowest BCUT2D eigenvalue weighted by Gasteiger charge is -2.62. The van der Waals surface area contributed by atoms with Gasteiger partial charge in [-0.15, -0.1) is 0 Å². The van der Waals surface area contributed by atoms with Crippen molar-refractivity contribution in [2.24, 2.45) is 46.3 Å². The van der Waals surface area contributed by atoms with Gasteiger partial charge in [-0.05, 0) is 104 Å². The molecule has 0 amide bonds. The third kappa shape index (κ3) is 3.14. The molecule has 4 fully saturated rings. The van der Waals surface area contributed by atoms with E-state index in [0.717, 1.165) is 32.1 Å². The van der Waals surface area contributed by atoms with E-state index in [1.54, 1.807) is 0 Å². The first-order chi connectivity index (χ1) is 13.2. The van der Waals surface area contributed by atoms with Crippen LogP contribution in [0.25, 0.3) is 0 Å². The molecule has 4 saturated carbocycles. The third-order valence-electron chi connectivity index (χ3n) is 10.2. The highest BCUT2D eigenvalue weighted by Gasteiger charge is 2.62. The maximum Gasteiger partial charge on any atom is 0.303 e. The van der Waals surface area contributed by atoms with Gasteiger partial charge in [-0.3, -0.25) is 4.79 Å². The van der Waals surface area contributed by atoms with E-state index >= 15 is 0 Å². The van der Waals surface area contributed by atoms with Crippen LogP contribution in [-0.4, -0.2) is 33.5 Å². The number of aliphatic carboxylic acids is 1. The Morgan fingerprint density at radius 2 is 1.68 bits per heavy atom. The minimum atomic E-state index is -0.684. The first-order valence-electron chi connectivity index (χ1n) is 11.7. The summed E-state index contributed by atoms with van der Waals surface area (Å²) in [5, 5.41) is 30.5. The fourth-order valence-corrected chi connectivity index (χ4v) is 8.73. The Morgan fingerprint density at radius 3 is 2.39 bits per heavy atom. The molecule has 4 aliphatic rings. The van der Waals surface area contributed by atoms with Gasteiger partial charge in [-0.1, -0.05) is 20.8 Å². The summed E-state index contributed by atoms with van der Waals surface area (Å²) < 4.78 is 0. The van der Waals surface area contributed by atoms with Crippen LogP contribution >= 0.6 is 0 Å². The monoisotopic (exact) mass is 392 g/mol. The van der Waals surface area contributed by atoms with E-state index < -0.39 is 5.97 Å². The topological polar surface area (TPSA) is 77.8 Å². The van der Waals surface area contributed by atoms with Crippen molar-refractivity contribution < 1.29 is 20.1 Å². The van der Waals surface area contributed by atoms with Crippen LogP contribution in [0.5, 0.6) is 0 Å². The van der Waals surface area contributed by atoms with E-state index in [-0.39, 0.29) is 29.5 Å². The Hall–Kier alpha value is -0.610. The van der Waals surface area contributed by atoms with Crippen LogP contribution in [0, 0.1) is 46.3 Å². The highest BCUT2D eigenvalue weighted by Crippen LogP contribution is 2.68. The number of aliphatic hydroxyl groups excluding tert-OH is 2. The SMILES string of the molecule is C[C@H](CCC(=O)O)[C@H]1CCC2[C@H]3C(CC[C@@]21C)[C@@]1(C)CC[C@@H](O)C[C@H]1C[C@H]3O. The van der Waals surface area contributed by atoms with Crippen molar-refractivity contribution in [2.75, 3.05) is 0 Å². The summed E-state index contributed by atoms with van der Waals surface area (Å²) in [4.78, 5) is 11.1. The summed E-state index contributed by atoms with van der Waals surface area (Å²) in [5.41, 5.74) is 0.523. The molecule has 4 heteroatoms. The standard InChI is InChI=1S/C24H40O4/c1-14(4-7-21(27)28)17-5-6-18-22-19(9-11-24(17,18)3)23(2)10-8-16(25)12-15(23)13-20(22)26/h14-20,22,25-26H,4-13H2,1-3H3,(H,27,28)/t14-,15+,16-,17-,18?,19?,20-,22+,23+,24-/m1/s1. The molecule has 28 heavy (non-hydrogen) atoms. The van der Waals surface area contributed by atoms with Crippen molar-refractivity contribution in [1.82, 2.24) is 0 Å². The molecule has 0 aromatic heterocycles. The molecule has 160 valence electrons. The molecule has 3 N–H and O–H groups in total. The van der Waals surface area contributed by atoms with E-state index in [9.17, 15) is 15.0 Å². The molecule has 0 aliphatic heterocycles. The van der Waals surface area contributed by atoms with Gasteiger partial charge >= 0.3 is 5.97 Å². The lowest BCUT2D eigenvalue weighted by molar-refractivity contribution is -0.174. The van der Waals surface area contributed by atoms with Gasteiger partial charge in [0.2, 0.25) is 0 Å². The Morgan fingerprint density at radius 1 is 1.00 bits per heavy atom. The fourth-order valence-electron chi connectivity index (χ4n) is 8.73.